The molecule has 0 aliphatic heterocycles. The van der Waals surface area contributed by atoms with Gasteiger partial charge in [-0.3, -0.25) is 10.1 Å². The number of nitrogens with zero attached hydrogens (tertiary/aromatic N) is 2. The van der Waals surface area contributed by atoms with Gasteiger partial charge in [0, 0.05) is 17.5 Å². The maximum absolute atomic E-state index is 10.8. The molecule has 31 heavy (non-hydrogen) atoms. The van der Waals surface area contributed by atoms with E-state index in [0.717, 1.165) is 37.7 Å². The Morgan fingerprint density at radius 2 is 1.97 bits per heavy atom. The summed E-state index contributed by atoms with van der Waals surface area (Å²) in [5.41, 5.74) is 4.99. The van der Waals surface area contributed by atoms with Gasteiger partial charge in [-0.2, -0.15) is 0 Å². The van der Waals surface area contributed by atoms with Gasteiger partial charge in [0.25, 0.3) is 5.69 Å². The van der Waals surface area contributed by atoms with Crippen LogP contribution in [0.25, 0.3) is 0 Å². The van der Waals surface area contributed by atoms with Crippen molar-refractivity contribution in [3.8, 4) is 5.75 Å². The Hall–Kier alpha value is -2.89. The van der Waals surface area contributed by atoms with Gasteiger partial charge in [-0.05, 0) is 97.2 Å². The fourth-order valence-corrected chi connectivity index (χ4v) is 6.41. The van der Waals surface area contributed by atoms with E-state index >= 15 is 0 Å². The van der Waals surface area contributed by atoms with Crippen molar-refractivity contribution in [2.24, 2.45) is 22.4 Å². The van der Waals surface area contributed by atoms with E-state index in [-0.39, 0.29) is 11.1 Å². The highest BCUT2D eigenvalue weighted by Crippen LogP contribution is 2.60. The molecule has 6 nitrogen and oxygen atoms in total. The van der Waals surface area contributed by atoms with Gasteiger partial charge in [-0.15, -0.1) is 0 Å². The molecule has 0 radical (unpaired) electrons. The molecule has 4 atom stereocenters. The Labute approximate surface area is 182 Å². The van der Waals surface area contributed by atoms with Crippen LogP contribution in [0.15, 0.2) is 47.6 Å². The summed E-state index contributed by atoms with van der Waals surface area (Å²) in [4.78, 5) is 16.1. The van der Waals surface area contributed by atoms with Gasteiger partial charge in [-0.1, -0.05) is 18.1 Å². The number of aryl methyl sites for hydroxylation is 1. The molecule has 0 unspecified atom stereocenters. The topological polar surface area (TPSA) is 85.0 Å². The van der Waals surface area contributed by atoms with E-state index in [1.54, 1.807) is 12.1 Å². The van der Waals surface area contributed by atoms with E-state index in [1.807, 2.05) is 12.1 Å². The second-order valence-corrected chi connectivity index (χ2v) is 9.53. The number of hydrogen-bond acceptors (Lipinski definition) is 5. The number of non-ortho nitro benzene ring substituents is 1. The fraction of sp³-hybridized carbons (Fsp3) is 0.480. The monoisotopic (exact) mass is 420 g/mol. The summed E-state index contributed by atoms with van der Waals surface area (Å²) in [6.07, 6.45) is 6.62. The second-order valence-electron chi connectivity index (χ2n) is 9.53. The maximum atomic E-state index is 10.8. The standard InChI is InChI=1S/C25H28N2O4/c1-25-13-12-21-20-9-7-19(28)14-17(20)4-8-22(21)23(25)10-11-24(25)26-31-15-16-2-5-18(6-3-16)27(29)30/h2-3,5-7,9,14,21-23,28H,4,8,10-13,15H2,1H3/t21-,22-,23+,25+/m1/s1. The number of oxime groups is 1. The van der Waals surface area contributed by atoms with Crippen molar-refractivity contribution in [2.45, 2.75) is 58.0 Å². The van der Waals surface area contributed by atoms with E-state index in [2.05, 4.69) is 18.1 Å². The van der Waals surface area contributed by atoms with Crippen LogP contribution in [0.4, 0.5) is 5.69 Å². The molecule has 2 aromatic rings. The molecule has 2 fully saturated rings. The molecule has 0 heterocycles. The van der Waals surface area contributed by atoms with Gasteiger partial charge in [-0.25, -0.2) is 0 Å². The smallest absolute Gasteiger partial charge is 0.269 e. The summed E-state index contributed by atoms with van der Waals surface area (Å²) in [5.74, 6) is 2.24. The molecular weight excluding hydrogens is 392 g/mol. The number of nitro groups is 1. The normalized spacial score (nSPS) is 30.4. The molecule has 6 heteroatoms. The van der Waals surface area contributed by atoms with E-state index < -0.39 is 4.92 Å². The largest absolute Gasteiger partial charge is 0.508 e. The average molecular weight is 421 g/mol. The number of hydrogen-bond donors (Lipinski definition) is 1. The minimum absolute atomic E-state index is 0.0854. The Balaban J connectivity index is 1.29. The van der Waals surface area contributed by atoms with Crippen LogP contribution >= 0.6 is 0 Å². The molecule has 2 aromatic carbocycles. The predicted octanol–water partition coefficient (Wildman–Crippen LogP) is 5.73. The highest BCUT2D eigenvalue weighted by Gasteiger charge is 2.53. The van der Waals surface area contributed by atoms with Gasteiger partial charge in [0.15, 0.2) is 0 Å². The molecule has 3 aliphatic rings. The van der Waals surface area contributed by atoms with Gasteiger partial charge in [0.2, 0.25) is 0 Å². The van der Waals surface area contributed by atoms with Crippen LogP contribution in [0.3, 0.4) is 0 Å². The van der Waals surface area contributed by atoms with E-state index in [1.165, 1.54) is 35.4 Å². The van der Waals surface area contributed by atoms with Crippen molar-refractivity contribution in [3.05, 3.63) is 69.3 Å². The first-order valence-corrected chi connectivity index (χ1v) is 11.2. The summed E-state index contributed by atoms with van der Waals surface area (Å²) in [6, 6.07) is 12.4. The van der Waals surface area contributed by atoms with Crippen LogP contribution in [-0.4, -0.2) is 15.7 Å². The highest BCUT2D eigenvalue weighted by molar-refractivity contribution is 5.92. The van der Waals surface area contributed by atoms with Crippen molar-refractivity contribution < 1.29 is 14.9 Å². The fourth-order valence-electron chi connectivity index (χ4n) is 6.41. The lowest BCUT2D eigenvalue weighted by atomic mass is 9.55. The minimum atomic E-state index is -0.396. The Bertz CT molecular complexity index is 1030. The second kappa shape index (κ2) is 7.66. The molecular formula is C25H28N2O4. The van der Waals surface area contributed by atoms with Crippen LogP contribution in [0.2, 0.25) is 0 Å². The zero-order valence-electron chi connectivity index (χ0n) is 17.8. The minimum Gasteiger partial charge on any atom is -0.508 e. The number of fused-ring (bicyclic) bond motifs is 5. The molecule has 0 aromatic heterocycles. The highest BCUT2D eigenvalue weighted by atomic mass is 16.6. The maximum Gasteiger partial charge on any atom is 0.269 e. The first-order chi connectivity index (χ1) is 15.0. The van der Waals surface area contributed by atoms with Gasteiger partial charge >= 0.3 is 0 Å². The first-order valence-electron chi connectivity index (χ1n) is 11.2. The zero-order chi connectivity index (χ0) is 21.6. The molecule has 5 rings (SSSR count). The van der Waals surface area contributed by atoms with Crippen LogP contribution in [0.1, 0.15) is 61.6 Å². The molecule has 0 spiro atoms. The molecule has 2 saturated carbocycles. The number of phenolic OH excluding ortho intramolecular Hbond substituents is 1. The molecule has 0 amide bonds. The lowest BCUT2D eigenvalue weighted by Gasteiger charge is -2.49. The van der Waals surface area contributed by atoms with E-state index in [4.69, 9.17) is 4.84 Å². The van der Waals surface area contributed by atoms with Gasteiger partial charge in [0.1, 0.15) is 12.4 Å². The first kappa shape index (κ1) is 20.0. The molecule has 0 saturated heterocycles. The zero-order valence-corrected chi connectivity index (χ0v) is 17.8. The molecule has 1 N–H and O–H groups in total. The number of rotatable bonds is 4. The third kappa shape index (κ3) is 3.48. The molecule has 0 bridgehead atoms. The third-order valence-electron chi connectivity index (χ3n) is 8.00. The Morgan fingerprint density at radius 1 is 1.16 bits per heavy atom. The third-order valence-corrected chi connectivity index (χ3v) is 8.00. The predicted molar refractivity (Wildman–Crippen MR) is 118 cm³/mol. The molecule has 3 aliphatic carbocycles. The van der Waals surface area contributed by atoms with Crippen LogP contribution in [0, 0.1) is 27.4 Å². The van der Waals surface area contributed by atoms with Crippen molar-refractivity contribution in [3.63, 3.8) is 0 Å². The summed E-state index contributed by atoms with van der Waals surface area (Å²) < 4.78 is 0. The van der Waals surface area contributed by atoms with Crippen molar-refractivity contribution >= 4 is 11.4 Å². The Morgan fingerprint density at radius 3 is 2.74 bits per heavy atom. The summed E-state index contributed by atoms with van der Waals surface area (Å²) in [6.45, 7) is 2.69. The van der Waals surface area contributed by atoms with Gasteiger partial charge < -0.3 is 9.94 Å². The van der Waals surface area contributed by atoms with Crippen molar-refractivity contribution in [1.29, 1.82) is 0 Å². The number of phenols is 1. The Kier molecular flexibility index (Phi) is 4.95. The van der Waals surface area contributed by atoms with Gasteiger partial charge in [0.05, 0.1) is 10.6 Å². The molecule has 162 valence electrons. The summed E-state index contributed by atoms with van der Waals surface area (Å²) in [7, 11) is 0. The lowest BCUT2D eigenvalue weighted by Crippen LogP contribution is -2.42. The van der Waals surface area contributed by atoms with Crippen LogP contribution < -0.4 is 0 Å². The van der Waals surface area contributed by atoms with E-state index in [0.29, 0.717) is 30.1 Å². The SMILES string of the molecule is C[C@]12CC[C@@H]3c4ccc(O)cc4CC[C@H]3[C@@H]1CCC2=NOCc1ccc([N+](=O)[O-])cc1. The lowest BCUT2D eigenvalue weighted by molar-refractivity contribution is -0.384. The average Bonchev–Trinajstić information content (AvgIpc) is 3.10. The van der Waals surface area contributed by atoms with Crippen LogP contribution in [0.5, 0.6) is 5.75 Å². The van der Waals surface area contributed by atoms with Crippen molar-refractivity contribution in [2.75, 3.05) is 0 Å². The summed E-state index contributed by atoms with van der Waals surface area (Å²) >= 11 is 0. The number of benzene rings is 2. The van der Waals surface area contributed by atoms with Crippen molar-refractivity contribution in [1.82, 2.24) is 0 Å². The van der Waals surface area contributed by atoms with E-state index in [9.17, 15) is 15.2 Å². The quantitative estimate of drug-likeness (QED) is 0.506. The summed E-state index contributed by atoms with van der Waals surface area (Å²) in [5, 5.41) is 25.2. The van der Waals surface area contributed by atoms with Crippen LogP contribution in [-0.2, 0) is 17.9 Å². The number of aromatic hydroxyl groups is 1. The number of nitro benzene ring substituents is 1.